The van der Waals surface area contributed by atoms with E-state index in [9.17, 15) is 22.4 Å². The van der Waals surface area contributed by atoms with E-state index in [1.54, 1.807) is 24.3 Å². The Morgan fingerprint density at radius 2 is 1.75 bits per heavy atom. The summed E-state index contributed by atoms with van der Waals surface area (Å²) in [6, 6.07) is 11.4. The van der Waals surface area contributed by atoms with Crippen LogP contribution in [0.3, 0.4) is 0 Å². The van der Waals surface area contributed by atoms with Crippen LogP contribution in [0.15, 0.2) is 53.4 Å². The molecule has 2 rings (SSSR count). The molecule has 0 aliphatic rings. The Morgan fingerprint density at radius 3 is 2.43 bits per heavy atom. The zero-order valence-corrected chi connectivity index (χ0v) is 16.0. The minimum absolute atomic E-state index is 0.0868. The molecule has 9 heteroatoms. The number of benzene rings is 2. The number of halogens is 1. The third-order valence-electron chi connectivity index (χ3n) is 3.78. The van der Waals surface area contributed by atoms with Crippen molar-refractivity contribution in [3.8, 4) is 5.75 Å². The molecular formula is C19H20FNO6S. The first-order valence-corrected chi connectivity index (χ1v) is 9.99. The lowest BCUT2D eigenvalue weighted by molar-refractivity contribution is -0.148. The van der Waals surface area contributed by atoms with Gasteiger partial charge in [0.05, 0.1) is 24.2 Å². The molecule has 0 heterocycles. The maximum Gasteiger partial charge on any atom is 0.307 e. The molecule has 2 aromatic rings. The highest BCUT2D eigenvalue weighted by atomic mass is 32.2. The molecule has 0 spiro atoms. The van der Waals surface area contributed by atoms with E-state index < -0.39 is 46.3 Å². The highest BCUT2D eigenvalue weighted by molar-refractivity contribution is 7.91. The van der Waals surface area contributed by atoms with E-state index in [-0.39, 0.29) is 11.4 Å². The van der Waals surface area contributed by atoms with Gasteiger partial charge in [-0.15, -0.1) is 0 Å². The number of esters is 1. The van der Waals surface area contributed by atoms with Crippen LogP contribution in [0.1, 0.15) is 12.0 Å². The largest absolute Gasteiger partial charge is 0.496 e. The smallest absolute Gasteiger partial charge is 0.307 e. The third-order valence-corrected chi connectivity index (χ3v) is 5.51. The molecule has 7 nitrogen and oxygen atoms in total. The second-order valence-electron chi connectivity index (χ2n) is 5.77. The number of amides is 1. The molecule has 0 aromatic heterocycles. The Kier molecular flexibility index (Phi) is 7.51. The van der Waals surface area contributed by atoms with Crippen molar-refractivity contribution in [2.45, 2.75) is 17.9 Å². The molecule has 0 saturated carbocycles. The second kappa shape index (κ2) is 9.84. The number of carbonyl (C=O) groups excluding carboxylic acids is 2. The molecule has 1 N–H and O–H groups in total. The fourth-order valence-electron chi connectivity index (χ4n) is 2.29. The van der Waals surface area contributed by atoms with Gasteiger partial charge in [0.25, 0.3) is 5.91 Å². The Labute approximate surface area is 162 Å². The Morgan fingerprint density at radius 1 is 1.07 bits per heavy atom. The van der Waals surface area contributed by atoms with Crippen molar-refractivity contribution in [1.82, 2.24) is 5.32 Å². The number of sulfone groups is 1. The molecule has 0 fully saturated rings. The molecule has 0 unspecified atom stereocenters. The quantitative estimate of drug-likeness (QED) is 0.501. The fourth-order valence-corrected chi connectivity index (χ4v) is 3.51. The maximum absolute atomic E-state index is 12.9. The van der Waals surface area contributed by atoms with E-state index in [4.69, 9.17) is 9.47 Å². The molecule has 1 amide bonds. The fraction of sp³-hybridized carbons (Fsp3) is 0.263. The van der Waals surface area contributed by atoms with Gasteiger partial charge in [0.1, 0.15) is 11.6 Å². The Hall–Kier alpha value is -2.94. The number of rotatable bonds is 9. The molecule has 0 aliphatic heterocycles. The van der Waals surface area contributed by atoms with Crippen LogP contribution in [-0.2, 0) is 30.7 Å². The van der Waals surface area contributed by atoms with E-state index in [2.05, 4.69) is 5.32 Å². The summed E-state index contributed by atoms with van der Waals surface area (Å²) in [5.74, 6) is -1.79. The lowest BCUT2D eigenvalue weighted by atomic mass is 10.2. The van der Waals surface area contributed by atoms with Gasteiger partial charge in [-0.25, -0.2) is 12.8 Å². The lowest BCUT2D eigenvalue weighted by Crippen LogP contribution is -2.28. The number of hydrogen-bond donors (Lipinski definition) is 1. The molecule has 0 aliphatic carbocycles. The summed E-state index contributed by atoms with van der Waals surface area (Å²) in [5.41, 5.74) is 0.759. The predicted molar refractivity (Wildman–Crippen MR) is 98.9 cm³/mol. The summed E-state index contributed by atoms with van der Waals surface area (Å²) in [6.45, 7) is -0.329. The van der Waals surface area contributed by atoms with Gasteiger partial charge in [-0.2, -0.15) is 0 Å². The number of carbonyl (C=O) groups is 2. The van der Waals surface area contributed by atoms with Gasteiger partial charge in [-0.3, -0.25) is 9.59 Å². The van der Waals surface area contributed by atoms with Crippen LogP contribution in [0.2, 0.25) is 0 Å². The van der Waals surface area contributed by atoms with E-state index in [1.165, 1.54) is 7.11 Å². The van der Waals surface area contributed by atoms with Gasteiger partial charge in [0, 0.05) is 12.1 Å². The summed E-state index contributed by atoms with van der Waals surface area (Å²) in [6.07, 6.45) is -0.417. The van der Waals surface area contributed by atoms with Gasteiger partial charge >= 0.3 is 5.97 Å². The maximum atomic E-state index is 12.9. The molecule has 28 heavy (non-hydrogen) atoms. The Bertz CT molecular complexity index is 928. The van der Waals surface area contributed by atoms with E-state index in [0.717, 1.165) is 29.8 Å². The monoisotopic (exact) mass is 409 g/mol. The van der Waals surface area contributed by atoms with Crippen LogP contribution in [0.5, 0.6) is 5.75 Å². The van der Waals surface area contributed by atoms with Crippen molar-refractivity contribution in [2.75, 3.05) is 19.5 Å². The van der Waals surface area contributed by atoms with Gasteiger partial charge in [0.15, 0.2) is 16.4 Å². The van der Waals surface area contributed by atoms with Crippen molar-refractivity contribution in [2.24, 2.45) is 0 Å². The molecule has 0 saturated heterocycles. The van der Waals surface area contributed by atoms with Gasteiger partial charge in [-0.1, -0.05) is 18.2 Å². The van der Waals surface area contributed by atoms with Crippen LogP contribution in [0, 0.1) is 5.82 Å². The number of para-hydroxylation sites is 1. The van der Waals surface area contributed by atoms with Crippen LogP contribution in [-0.4, -0.2) is 39.8 Å². The summed E-state index contributed by atoms with van der Waals surface area (Å²) in [5, 5.41) is 2.58. The van der Waals surface area contributed by atoms with Crippen LogP contribution in [0.4, 0.5) is 4.39 Å². The van der Waals surface area contributed by atoms with Crippen LogP contribution in [0.25, 0.3) is 0 Å². The highest BCUT2D eigenvalue weighted by Gasteiger charge is 2.18. The second-order valence-corrected chi connectivity index (χ2v) is 7.88. The number of methoxy groups -OCH3 is 1. The molecular weight excluding hydrogens is 389 g/mol. The lowest BCUT2D eigenvalue weighted by Gasteiger charge is -2.10. The minimum Gasteiger partial charge on any atom is -0.496 e. The first-order chi connectivity index (χ1) is 13.3. The Balaban J connectivity index is 1.75. The third kappa shape index (κ3) is 6.34. The van der Waals surface area contributed by atoms with Gasteiger partial charge in [0.2, 0.25) is 0 Å². The van der Waals surface area contributed by atoms with Gasteiger partial charge < -0.3 is 14.8 Å². The normalized spacial score (nSPS) is 10.9. The average molecular weight is 409 g/mol. The van der Waals surface area contributed by atoms with E-state index >= 15 is 0 Å². The zero-order valence-electron chi connectivity index (χ0n) is 15.2. The van der Waals surface area contributed by atoms with Crippen molar-refractivity contribution in [3.05, 3.63) is 59.9 Å². The summed E-state index contributed by atoms with van der Waals surface area (Å²) in [4.78, 5) is 23.4. The molecule has 0 atom stereocenters. The van der Waals surface area contributed by atoms with Crippen LogP contribution < -0.4 is 10.1 Å². The topological polar surface area (TPSA) is 98.8 Å². The summed E-state index contributed by atoms with van der Waals surface area (Å²) in [7, 11) is -2.23. The number of nitrogens with one attached hydrogen (secondary N) is 1. The highest BCUT2D eigenvalue weighted by Crippen LogP contribution is 2.16. The van der Waals surface area contributed by atoms with Crippen molar-refractivity contribution >= 4 is 21.7 Å². The molecule has 0 radical (unpaired) electrons. The molecule has 0 bridgehead atoms. The van der Waals surface area contributed by atoms with Gasteiger partial charge in [-0.05, 0) is 30.3 Å². The van der Waals surface area contributed by atoms with Crippen LogP contribution >= 0.6 is 0 Å². The first-order valence-electron chi connectivity index (χ1n) is 8.34. The standard InChI is InChI=1S/C19H20FNO6S/c1-26-17-5-3-2-4-14(17)12-21-18(22)13-27-19(23)10-11-28(24,25)16-8-6-15(20)7-9-16/h2-9H,10-13H2,1H3,(H,21,22). The van der Waals surface area contributed by atoms with Crippen molar-refractivity contribution in [3.63, 3.8) is 0 Å². The summed E-state index contributed by atoms with van der Waals surface area (Å²) >= 11 is 0. The minimum atomic E-state index is -3.75. The SMILES string of the molecule is COc1ccccc1CNC(=O)COC(=O)CCS(=O)(=O)c1ccc(F)cc1. The predicted octanol–water partition coefficient (Wildman–Crippen LogP) is 1.86. The van der Waals surface area contributed by atoms with E-state index in [0.29, 0.717) is 5.75 Å². The van der Waals surface area contributed by atoms with Crippen molar-refractivity contribution < 1.29 is 31.9 Å². The first kappa shape index (κ1) is 21.4. The molecule has 150 valence electrons. The molecule has 2 aromatic carbocycles. The zero-order chi connectivity index (χ0) is 20.6. The summed E-state index contributed by atoms with van der Waals surface area (Å²) < 4.78 is 47.0. The van der Waals surface area contributed by atoms with Crippen molar-refractivity contribution in [1.29, 1.82) is 0 Å². The number of ether oxygens (including phenoxy) is 2. The number of hydrogen-bond acceptors (Lipinski definition) is 6. The van der Waals surface area contributed by atoms with E-state index in [1.807, 2.05) is 0 Å². The average Bonchev–Trinajstić information content (AvgIpc) is 2.69.